The first-order chi connectivity index (χ1) is 10.6. The van der Waals surface area contributed by atoms with Crippen LogP contribution in [0.15, 0.2) is 47.6 Å². The quantitative estimate of drug-likeness (QED) is 0.303. The van der Waals surface area contributed by atoms with Crippen LogP contribution in [0, 0.1) is 6.92 Å². The molecule has 0 saturated carbocycles. The fourth-order valence-electron chi connectivity index (χ4n) is 1.97. The van der Waals surface area contributed by atoms with Crippen molar-refractivity contribution < 1.29 is 14.3 Å². The van der Waals surface area contributed by atoms with E-state index < -0.39 is 5.97 Å². The molecule has 0 spiro atoms. The third-order valence-corrected chi connectivity index (χ3v) is 2.95. The molecule has 0 aliphatic rings. The number of carbonyl (C=O) groups excluding carboxylic acids is 1. The lowest BCUT2D eigenvalue weighted by Gasteiger charge is -2.11. The number of rotatable bonds is 5. The highest BCUT2D eigenvalue weighted by molar-refractivity contribution is 5.91. The number of hydrogen-bond acceptors (Lipinski definition) is 5. The standard InChI is InChI=1S/C17H18N2O3/c1-3-21-16-10-13(11-19-18)7-8-15(16)22-17(20)14-6-4-5-12(2)9-14/h4-11H,3,18H2,1-2H3. The van der Waals surface area contributed by atoms with E-state index in [-0.39, 0.29) is 0 Å². The maximum Gasteiger partial charge on any atom is 0.343 e. The molecule has 114 valence electrons. The molecule has 0 amide bonds. The molecule has 0 radical (unpaired) electrons. The molecular weight excluding hydrogens is 280 g/mol. The van der Waals surface area contributed by atoms with Crippen molar-refractivity contribution in [1.82, 2.24) is 0 Å². The van der Waals surface area contributed by atoms with Gasteiger partial charge < -0.3 is 15.3 Å². The molecule has 0 heterocycles. The van der Waals surface area contributed by atoms with Crippen LogP contribution < -0.4 is 15.3 Å². The minimum atomic E-state index is -0.426. The average Bonchev–Trinajstić information content (AvgIpc) is 2.50. The number of aryl methyl sites for hydroxylation is 1. The van der Waals surface area contributed by atoms with Crippen LogP contribution in [-0.2, 0) is 0 Å². The third kappa shape index (κ3) is 3.85. The summed E-state index contributed by atoms with van der Waals surface area (Å²) in [6.07, 6.45) is 1.49. The molecule has 22 heavy (non-hydrogen) atoms. The number of ether oxygens (including phenoxy) is 2. The highest BCUT2D eigenvalue weighted by Crippen LogP contribution is 2.29. The lowest BCUT2D eigenvalue weighted by Crippen LogP contribution is -2.10. The maximum atomic E-state index is 12.2. The summed E-state index contributed by atoms with van der Waals surface area (Å²) in [5.74, 6) is 5.55. The summed E-state index contributed by atoms with van der Waals surface area (Å²) in [4.78, 5) is 12.2. The monoisotopic (exact) mass is 298 g/mol. The topological polar surface area (TPSA) is 73.9 Å². The van der Waals surface area contributed by atoms with Crippen LogP contribution in [0.1, 0.15) is 28.4 Å². The lowest BCUT2D eigenvalue weighted by atomic mass is 10.1. The summed E-state index contributed by atoms with van der Waals surface area (Å²) in [5, 5.41) is 3.47. The lowest BCUT2D eigenvalue weighted by molar-refractivity contribution is 0.0728. The zero-order valence-electron chi connectivity index (χ0n) is 12.6. The van der Waals surface area contributed by atoms with Crippen molar-refractivity contribution in [2.45, 2.75) is 13.8 Å². The molecule has 2 aromatic rings. The summed E-state index contributed by atoms with van der Waals surface area (Å²) >= 11 is 0. The van der Waals surface area contributed by atoms with Crippen LogP contribution in [0.4, 0.5) is 0 Å². The predicted octanol–water partition coefficient (Wildman–Crippen LogP) is 2.91. The highest BCUT2D eigenvalue weighted by Gasteiger charge is 2.13. The van der Waals surface area contributed by atoms with Gasteiger partial charge in [-0.1, -0.05) is 17.7 Å². The SMILES string of the molecule is CCOc1cc(C=NN)ccc1OC(=O)c1cccc(C)c1. The second-order valence-corrected chi connectivity index (χ2v) is 4.68. The molecule has 0 unspecified atom stereocenters. The smallest absolute Gasteiger partial charge is 0.343 e. The van der Waals surface area contributed by atoms with Gasteiger partial charge in [-0.25, -0.2) is 4.79 Å². The fraction of sp³-hybridized carbons (Fsp3) is 0.176. The summed E-state index contributed by atoms with van der Waals surface area (Å²) < 4.78 is 10.9. The largest absolute Gasteiger partial charge is 0.490 e. The molecule has 0 fully saturated rings. The van der Waals surface area contributed by atoms with Crippen molar-refractivity contribution in [2.24, 2.45) is 10.9 Å². The Balaban J connectivity index is 2.26. The van der Waals surface area contributed by atoms with Crippen LogP contribution in [-0.4, -0.2) is 18.8 Å². The van der Waals surface area contributed by atoms with Gasteiger partial charge in [-0.3, -0.25) is 0 Å². The van der Waals surface area contributed by atoms with Crippen molar-refractivity contribution in [1.29, 1.82) is 0 Å². The summed E-state index contributed by atoms with van der Waals surface area (Å²) in [6, 6.07) is 12.4. The molecule has 2 aromatic carbocycles. The Labute approximate surface area is 129 Å². The van der Waals surface area contributed by atoms with Crippen LogP contribution in [0.25, 0.3) is 0 Å². The van der Waals surface area contributed by atoms with E-state index in [0.717, 1.165) is 11.1 Å². The number of nitrogens with zero attached hydrogens (tertiary/aromatic N) is 1. The van der Waals surface area contributed by atoms with Gasteiger partial charge in [0.2, 0.25) is 0 Å². The number of hydrazone groups is 1. The van der Waals surface area contributed by atoms with Crippen molar-refractivity contribution in [3.63, 3.8) is 0 Å². The molecule has 0 aliphatic carbocycles. The van der Waals surface area contributed by atoms with E-state index in [1.165, 1.54) is 6.21 Å². The molecule has 0 saturated heterocycles. The van der Waals surface area contributed by atoms with Gasteiger partial charge in [0, 0.05) is 0 Å². The first-order valence-electron chi connectivity index (χ1n) is 6.93. The minimum Gasteiger partial charge on any atom is -0.490 e. The summed E-state index contributed by atoms with van der Waals surface area (Å²) in [6.45, 7) is 4.23. The zero-order chi connectivity index (χ0) is 15.9. The van der Waals surface area contributed by atoms with Crippen molar-refractivity contribution in [2.75, 3.05) is 6.61 Å². The molecule has 0 aromatic heterocycles. The van der Waals surface area contributed by atoms with Crippen molar-refractivity contribution in [3.05, 3.63) is 59.2 Å². The Hall–Kier alpha value is -2.82. The van der Waals surface area contributed by atoms with E-state index in [0.29, 0.717) is 23.7 Å². The number of esters is 1. The van der Waals surface area contributed by atoms with Crippen molar-refractivity contribution in [3.8, 4) is 11.5 Å². The van der Waals surface area contributed by atoms with Crippen LogP contribution >= 0.6 is 0 Å². The summed E-state index contributed by atoms with van der Waals surface area (Å²) in [5.41, 5.74) is 2.25. The van der Waals surface area contributed by atoms with Gasteiger partial charge in [0.15, 0.2) is 11.5 Å². The highest BCUT2D eigenvalue weighted by atomic mass is 16.6. The Morgan fingerprint density at radius 3 is 2.73 bits per heavy atom. The maximum absolute atomic E-state index is 12.2. The van der Waals surface area contributed by atoms with E-state index >= 15 is 0 Å². The number of benzene rings is 2. The molecule has 2 N–H and O–H groups in total. The van der Waals surface area contributed by atoms with E-state index in [9.17, 15) is 4.79 Å². The second-order valence-electron chi connectivity index (χ2n) is 4.68. The summed E-state index contributed by atoms with van der Waals surface area (Å²) in [7, 11) is 0. The normalized spacial score (nSPS) is 10.6. The zero-order valence-corrected chi connectivity index (χ0v) is 12.6. The molecule has 2 rings (SSSR count). The molecule has 0 aliphatic heterocycles. The molecular formula is C17H18N2O3. The Morgan fingerprint density at radius 2 is 2.05 bits per heavy atom. The number of carbonyl (C=O) groups is 1. The predicted molar refractivity (Wildman–Crippen MR) is 85.5 cm³/mol. The van der Waals surface area contributed by atoms with Gasteiger partial charge >= 0.3 is 5.97 Å². The molecule has 5 nitrogen and oxygen atoms in total. The Bertz CT molecular complexity index is 696. The van der Waals surface area contributed by atoms with E-state index in [1.54, 1.807) is 30.3 Å². The van der Waals surface area contributed by atoms with E-state index in [1.807, 2.05) is 26.0 Å². The first-order valence-corrected chi connectivity index (χ1v) is 6.93. The average molecular weight is 298 g/mol. The number of hydrogen-bond donors (Lipinski definition) is 1. The molecule has 0 atom stereocenters. The Morgan fingerprint density at radius 1 is 1.23 bits per heavy atom. The van der Waals surface area contributed by atoms with Gasteiger partial charge in [0.05, 0.1) is 18.4 Å². The van der Waals surface area contributed by atoms with Crippen LogP contribution in [0.2, 0.25) is 0 Å². The first kappa shape index (κ1) is 15.6. The van der Waals surface area contributed by atoms with Gasteiger partial charge in [-0.2, -0.15) is 5.10 Å². The van der Waals surface area contributed by atoms with Crippen LogP contribution in [0.5, 0.6) is 11.5 Å². The van der Waals surface area contributed by atoms with E-state index in [2.05, 4.69) is 5.10 Å². The third-order valence-electron chi connectivity index (χ3n) is 2.95. The Kier molecular flexibility index (Phi) is 5.14. The van der Waals surface area contributed by atoms with E-state index in [4.69, 9.17) is 15.3 Å². The van der Waals surface area contributed by atoms with Gasteiger partial charge in [0.25, 0.3) is 0 Å². The van der Waals surface area contributed by atoms with Gasteiger partial charge in [0.1, 0.15) is 0 Å². The molecule has 0 bridgehead atoms. The van der Waals surface area contributed by atoms with Gasteiger partial charge in [-0.05, 0) is 49.7 Å². The minimum absolute atomic E-state index is 0.363. The van der Waals surface area contributed by atoms with Crippen LogP contribution in [0.3, 0.4) is 0 Å². The fourth-order valence-corrected chi connectivity index (χ4v) is 1.97. The van der Waals surface area contributed by atoms with Crippen molar-refractivity contribution >= 4 is 12.2 Å². The second kappa shape index (κ2) is 7.26. The van der Waals surface area contributed by atoms with Gasteiger partial charge in [-0.15, -0.1) is 0 Å². The number of nitrogens with two attached hydrogens (primary N) is 1. The molecule has 5 heteroatoms.